The first-order valence-corrected chi connectivity index (χ1v) is 8.52. The number of nitrogens with zero attached hydrogens (tertiary/aromatic N) is 2. The largest absolute Gasteiger partial charge is 0.324 e. The van der Waals surface area contributed by atoms with Crippen molar-refractivity contribution in [1.29, 1.82) is 0 Å². The molecule has 0 atom stereocenters. The van der Waals surface area contributed by atoms with Gasteiger partial charge < -0.3 is 4.90 Å². The summed E-state index contributed by atoms with van der Waals surface area (Å²) in [5.41, 5.74) is 2.45. The Morgan fingerprint density at radius 3 is 2.62 bits per heavy atom. The lowest BCUT2D eigenvalue weighted by molar-refractivity contribution is 0.0709. The predicted octanol–water partition coefficient (Wildman–Crippen LogP) is 3.83. The average Bonchev–Trinajstić information content (AvgIpc) is 3.14. The smallest absolute Gasteiger partial charge is 0.256 e. The van der Waals surface area contributed by atoms with Gasteiger partial charge in [0.1, 0.15) is 0 Å². The fraction of sp³-hybridized carbons (Fsp3) is 0.333. The lowest BCUT2D eigenvalue weighted by Gasteiger charge is -2.27. The molecule has 3 nitrogen and oxygen atoms in total. The molecule has 0 spiro atoms. The maximum Gasteiger partial charge on any atom is 0.256 e. The van der Waals surface area contributed by atoms with E-state index < -0.39 is 0 Å². The Morgan fingerprint density at radius 2 is 1.92 bits per heavy atom. The molecule has 122 valence electrons. The zero-order valence-corrected chi connectivity index (χ0v) is 14.0. The molecule has 1 amide bonds. The van der Waals surface area contributed by atoms with Gasteiger partial charge in [0.15, 0.2) is 0 Å². The molecule has 1 aromatic heterocycles. The monoisotopic (exact) mass is 318 g/mol. The fourth-order valence-corrected chi connectivity index (χ4v) is 3.20. The third kappa shape index (κ3) is 3.83. The van der Waals surface area contributed by atoms with E-state index in [1.807, 2.05) is 54.3 Å². The van der Waals surface area contributed by atoms with Gasteiger partial charge in [-0.25, -0.2) is 0 Å². The molecule has 1 aliphatic rings. The average molecular weight is 318 g/mol. The third-order valence-corrected chi connectivity index (χ3v) is 4.52. The number of carbonyl (C=O) groups excluding carboxylic acids is 1. The van der Waals surface area contributed by atoms with E-state index in [-0.39, 0.29) is 5.91 Å². The number of hydrogen-bond acceptors (Lipinski definition) is 2. The van der Waals surface area contributed by atoms with Gasteiger partial charge >= 0.3 is 0 Å². The number of aromatic nitrogens is 1. The highest BCUT2D eigenvalue weighted by Gasteiger charge is 2.27. The first-order chi connectivity index (χ1) is 11.8. The van der Waals surface area contributed by atoms with Crippen LogP contribution in [0, 0.1) is 18.8 Å². The Kier molecular flexibility index (Phi) is 5.28. The van der Waals surface area contributed by atoms with Crippen LogP contribution in [0.2, 0.25) is 0 Å². The summed E-state index contributed by atoms with van der Waals surface area (Å²) in [5, 5.41) is 0. The van der Waals surface area contributed by atoms with Crippen LogP contribution in [0.15, 0.2) is 48.7 Å². The van der Waals surface area contributed by atoms with E-state index in [0.29, 0.717) is 18.2 Å². The van der Waals surface area contributed by atoms with E-state index in [2.05, 4.69) is 16.8 Å². The lowest BCUT2D eigenvalue weighted by Crippen LogP contribution is -2.39. The predicted molar refractivity (Wildman–Crippen MR) is 95.6 cm³/mol. The number of benzene rings is 1. The van der Waals surface area contributed by atoms with Crippen molar-refractivity contribution < 1.29 is 4.79 Å². The molecule has 0 unspecified atom stereocenters. The van der Waals surface area contributed by atoms with E-state index in [1.165, 1.54) is 12.8 Å². The van der Waals surface area contributed by atoms with Crippen molar-refractivity contribution >= 4 is 5.91 Å². The van der Waals surface area contributed by atoms with Crippen LogP contribution in [-0.2, 0) is 0 Å². The molecule has 3 heteroatoms. The second-order valence-corrected chi connectivity index (χ2v) is 6.18. The topological polar surface area (TPSA) is 33.2 Å². The molecule has 0 bridgehead atoms. The highest BCUT2D eigenvalue weighted by Crippen LogP contribution is 2.25. The number of pyridine rings is 1. The summed E-state index contributed by atoms with van der Waals surface area (Å²) in [4.78, 5) is 19.2. The number of rotatable bonds is 3. The standard InChI is InChI=1S/C21H22N2O/c1-17-20(14-7-15-22-17)21(24)23(19-12-5-6-13-19)16-8-11-18-9-3-2-4-10-18/h2-4,7,9-10,14-15,19H,5-6,12-13,16H2,1H3. The molecule has 1 fully saturated rings. The molecule has 0 N–H and O–H groups in total. The van der Waals surface area contributed by atoms with Crippen molar-refractivity contribution in [2.45, 2.75) is 38.6 Å². The minimum atomic E-state index is 0.0508. The molecule has 1 saturated carbocycles. The fourth-order valence-electron chi connectivity index (χ4n) is 3.20. The molecule has 3 rings (SSSR count). The van der Waals surface area contributed by atoms with Crippen molar-refractivity contribution in [3.8, 4) is 11.8 Å². The number of amides is 1. The lowest BCUT2D eigenvalue weighted by atomic mass is 10.1. The molecular weight excluding hydrogens is 296 g/mol. The Labute approximate surface area is 143 Å². The third-order valence-electron chi connectivity index (χ3n) is 4.52. The Morgan fingerprint density at radius 1 is 1.17 bits per heavy atom. The summed E-state index contributed by atoms with van der Waals surface area (Å²) in [7, 11) is 0. The van der Waals surface area contributed by atoms with E-state index in [1.54, 1.807) is 6.20 Å². The van der Waals surface area contributed by atoms with Gasteiger partial charge in [-0.15, -0.1) is 0 Å². The molecule has 24 heavy (non-hydrogen) atoms. The van der Waals surface area contributed by atoms with E-state index in [9.17, 15) is 4.79 Å². The van der Waals surface area contributed by atoms with Gasteiger partial charge in [-0.05, 0) is 44.0 Å². The zero-order chi connectivity index (χ0) is 16.8. The van der Waals surface area contributed by atoms with Crippen LogP contribution in [0.3, 0.4) is 0 Å². The molecule has 1 heterocycles. The Hall–Kier alpha value is -2.60. The van der Waals surface area contributed by atoms with E-state index >= 15 is 0 Å². The van der Waals surface area contributed by atoms with Crippen LogP contribution in [0.4, 0.5) is 0 Å². The second kappa shape index (κ2) is 7.79. The van der Waals surface area contributed by atoms with Crippen LogP contribution < -0.4 is 0 Å². The van der Waals surface area contributed by atoms with E-state index in [0.717, 1.165) is 24.1 Å². The zero-order valence-electron chi connectivity index (χ0n) is 14.0. The first kappa shape index (κ1) is 16.3. The van der Waals surface area contributed by atoms with Gasteiger partial charge in [0.25, 0.3) is 5.91 Å². The van der Waals surface area contributed by atoms with Gasteiger partial charge in [-0.2, -0.15) is 0 Å². The number of carbonyl (C=O) groups is 1. The van der Waals surface area contributed by atoms with Crippen LogP contribution in [0.5, 0.6) is 0 Å². The van der Waals surface area contributed by atoms with Crippen LogP contribution >= 0.6 is 0 Å². The number of hydrogen-bond donors (Lipinski definition) is 0. The molecule has 0 saturated heterocycles. The van der Waals surface area contributed by atoms with Crippen LogP contribution in [0.1, 0.15) is 47.3 Å². The van der Waals surface area contributed by atoms with Gasteiger partial charge in [0, 0.05) is 23.5 Å². The molecule has 1 aromatic carbocycles. The summed E-state index contributed by atoms with van der Waals surface area (Å²) in [5.74, 6) is 6.39. The molecule has 1 aliphatic carbocycles. The molecule has 0 aliphatic heterocycles. The van der Waals surface area contributed by atoms with Crippen molar-refractivity contribution in [1.82, 2.24) is 9.88 Å². The summed E-state index contributed by atoms with van der Waals surface area (Å²) in [6.45, 7) is 2.35. The van der Waals surface area contributed by atoms with Gasteiger partial charge in [-0.1, -0.05) is 42.9 Å². The van der Waals surface area contributed by atoms with Gasteiger partial charge in [0.2, 0.25) is 0 Å². The number of aryl methyl sites for hydroxylation is 1. The Balaban J connectivity index is 1.80. The summed E-state index contributed by atoms with van der Waals surface area (Å²) in [6, 6.07) is 13.9. The minimum absolute atomic E-state index is 0.0508. The van der Waals surface area contributed by atoms with Crippen molar-refractivity contribution in [2.75, 3.05) is 6.54 Å². The van der Waals surface area contributed by atoms with Gasteiger partial charge in [-0.3, -0.25) is 9.78 Å². The van der Waals surface area contributed by atoms with E-state index in [4.69, 9.17) is 0 Å². The van der Waals surface area contributed by atoms with Crippen molar-refractivity contribution in [2.24, 2.45) is 0 Å². The highest BCUT2D eigenvalue weighted by atomic mass is 16.2. The Bertz CT molecular complexity index is 752. The van der Waals surface area contributed by atoms with Crippen molar-refractivity contribution in [3.05, 3.63) is 65.5 Å². The molecule has 0 radical (unpaired) electrons. The SMILES string of the molecule is Cc1ncccc1C(=O)N(CC#Cc1ccccc1)C1CCCC1. The summed E-state index contributed by atoms with van der Waals surface area (Å²) < 4.78 is 0. The maximum atomic E-state index is 13.0. The summed E-state index contributed by atoms with van der Waals surface area (Å²) in [6.07, 6.45) is 6.23. The maximum absolute atomic E-state index is 13.0. The van der Waals surface area contributed by atoms with Crippen molar-refractivity contribution in [3.63, 3.8) is 0 Å². The van der Waals surface area contributed by atoms with Crippen LogP contribution in [-0.4, -0.2) is 28.4 Å². The second-order valence-electron chi connectivity index (χ2n) is 6.18. The highest BCUT2D eigenvalue weighted by molar-refractivity contribution is 5.95. The molecular formula is C21H22N2O. The normalized spacial score (nSPS) is 14.0. The van der Waals surface area contributed by atoms with Crippen LogP contribution in [0.25, 0.3) is 0 Å². The quantitative estimate of drug-likeness (QED) is 0.806. The van der Waals surface area contributed by atoms with Gasteiger partial charge in [0.05, 0.1) is 12.1 Å². The summed E-state index contributed by atoms with van der Waals surface area (Å²) >= 11 is 0. The first-order valence-electron chi connectivity index (χ1n) is 8.52. The molecule has 2 aromatic rings. The minimum Gasteiger partial charge on any atom is -0.324 e.